The van der Waals surface area contributed by atoms with Crippen LogP contribution in [0.2, 0.25) is 0 Å². The van der Waals surface area contributed by atoms with E-state index in [2.05, 4.69) is 9.71 Å². The van der Waals surface area contributed by atoms with Gasteiger partial charge in [-0.15, -0.1) is 11.3 Å². The van der Waals surface area contributed by atoms with Crippen molar-refractivity contribution in [2.24, 2.45) is 0 Å². The Morgan fingerprint density at radius 2 is 1.84 bits per heavy atom. The van der Waals surface area contributed by atoms with E-state index in [0.717, 1.165) is 23.1 Å². The van der Waals surface area contributed by atoms with Gasteiger partial charge in [-0.2, -0.15) is 0 Å². The van der Waals surface area contributed by atoms with Gasteiger partial charge in [0.15, 0.2) is 5.13 Å². The average Bonchev–Trinajstić information content (AvgIpc) is 3.17. The van der Waals surface area contributed by atoms with Gasteiger partial charge in [0.1, 0.15) is 6.61 Å². The molecule has 0 aliphatic rings. The van der Waals surface area contributed by atoms with Crippen molar-refractivity contribution in [2.75, 3.05) is 15.9 Å². The smallest absolute Gasteiger partial charge is 0.340 e. The number of aryl methyl sites for hydroxylation is 1. The molecule has 0 saturated heterocycles. The molecular formula is C22H23N3O5S2. The Morgan fingerprint density at radius 1 is 1.12 bits per heavy atom. The Kier molecular flexibility index (Phi) is 6.95. The van der Waals surface area contributed by atoms with Crippen LogP contribution in [0.3, 0.4) is 0 Å². The number of para-hydroxylation sites is 1. The molecule has 8 nitrogen and oxygen atoms in total. The van der Waals surface area contributed by atoms with Crippen molar-refractivity contribution in [2.45, 2.75) is 27.4 Å². The van der Waals surface area contributed by atoms with E-state index in [-0.39, 0.29) is 23.8 Å². The van der Waals surface area contributed by atoms with Gasteiger partial charge in [-0.05, 0) is 43.2 Å². The quantitative estimate of drug-likeness (QED) is 0.516. The molecule has 10 heteroatoms. The van der Waals surface area contributed by atoms with E-state index in [1.165, 1.54) is 35.3 Å². The second-order valence-electron chi connectivity index (χ2n) is 7.19. The minimum absolute atomic E-state index is 0.0918. The SMILES string of the molecule is CC(=O)N(c1nc(COC(=O)c2ccccc2NS(C)(=O)=O)cs1)c1cccc(C)c1C. The first-order valence-electron chi connectivity index (χ1n) is 9.62. The van der Waals surface area contributed by atoms with Gasteiger partial charge in [0, 0.05) is 12.3 Å². The fourth-order valence-corrected chi connectivity index (χ4v) is 4.46. The van der Waals surface area contributed by atoms with Gasteiger partial charge in [0.2, 0.25) is 15.9 Å². The van der Waals surface area contributed by atoms with Crippen molar-refractivity contribution in [1.29, 1.82) is 0 Å². The number of hydrogen-bond donors (Lipinski definition) is 1. The molecule has 1 amide bonds. The number of thiazole rings is 1. The first kappa shape index (κ1) is 23.4. The minimum atomic E-state index is -3.55. The van der Waals surface area contributed by atoms with Gasteiger partial charge in [-0.25, -0.2) is 18.2 Å². The molecule has 0 unspecified atom stereocenters. The number of ether oxygens (including phenoxy) is 1. The maximum absolute atomic E-state index is 12.5. The van der Waals surface area contributed by atoms with Crippen LogP contribution >= 0.6 is 11.3 Å². The number of anilines is 3. The van der Waals surface area contributed by atoms with E-state index < -0.39 is 16.0 Å². The molecule has 168 valence electrons. The Labute approximate surface area is 190 Å². The summed E-state index contributed by atoms with van der Waals surface area (Å²) in [7, 11) is -3.55. The second-order valence-corrected chi connectivity index (χ2v) is 9.78. The first-order chi connectivity index (χ1) is 15.1. The minimum Gasteiger partial charge on any atom is -0.455 e. The predicted octanol–water partition coefficient (Wildman–Crippen LogP) is 4.17. The number of rotatable bonds is 7. The highest BCUT2D eigenvalue weighted by atomic mass is 32.2. The Morgan fingerprint density at radius 3 is 2.53 bits per heavy atom. The van der Waals surface area contributed by atoms with Crippen molar-refractivity contribution in [3.63, 3.8) is 0 Å². The molecule has 0 spiro atoms. The monoisotopic (exact) mass is 473 g/mol. The first-order valence-corrected chi connectivity index (χ1v) is 12.4. The van der Waals surface area contributed by atoms with Gasteiger partial charge in [0.25, 0.3) is 0 Å². The zero-order chi connectivity index (χ0) is 23.5. The molecule has 0 aliphatic carbocycles. The van der Waals surface area contributed by atoms with Crippen molar-refractivity contribution < 1.29 is 22.7 Å². The number of carbonyl (C=O) groups excluding carboxylic acids is 2. The van der Waals surface area contributed by atoms with Crippen LogP contribution in [0.4, 0.5) is 16.5 Å². The van der Waals surface area contributed by atoms with Crippen molar-refractivity contribution in [3.05, 3.63) is 70.2 Å². The molecule has 1 aromatic heterocycles. The Bertz CT molecular complexity index is 1270. The maximum atomic E-state index is 12.5. The van der Waals surface area contributed by atoms with Crippen LogP contribution in [0.15, 0.2) is 47.8 Å². The molecule has 32 heavy (non-hydrogen) atoms. The van der Waals surface area contributed by atoms with Gasteiger partial charge < -0.3 is 4.74 Å². The largest absolute Gasteiger partial charge is 0.455 e. The van der Waals surface area contributed by atoms with E-state index in [0.29, 0.717) is 10.8 Å². The lowest BCUT2D eigenvalue weighted by Crippen LogP contribution is -2.23. The van der Waals surface area contributed by atoms with Crippen LogP contribution in [0.1, 0.15) is 34.1 Å². The van der Waals surface area contributed by atoms with Crippen LogP contribution in [0.5, 0.6) is 0 Å². The number of aromatic nitrogens is 1. The Balaban J connectivity index is 1.78. The highest BCUT2D eigenvalue weighted by Crippen LogP contribution is 2.32. The normalized spacial score (nSPS) is 11.1. The Hall–Kier alpha value is -3.24. The number of nitrogens with zero attached hydrogens (tertiary/aromatic N) is 2. The zero-order valence-electron chi connectivity index (χ0n) is 18.1. The number of sulfonamides is 1. The van der Waals surface area contributed by atoms with Crippen molar-refractivity contribution >= 4 is 49.7 Å². The van der Waals surface area contributed by atoms with E-state index in [1.807, 2.05) is 32.0 Å². The predicted molar refractivity (Wildman–Crippen MR) is 125 cm³/mol. The second kappa shape index (κ2) is 9.49. The fourth-order valence-electron chi connectivity index (χ4n) is 3.02. The molecule has 0 saturated carbocycles. The van der Waals surface area contributed by atoms with Crippen molar-refractivity contribution in [3.8, 4) is 0 Å². The average molecular weight is 474 g/mol. The third-order valence-electron chi connectivity index (χ3n) is 4.66. The van der Waals surface area contributed by atoms with E-state index in [4.69, 9.17) is 4.74 Å². The van der Waals surface area contributed by atoms with Gasteiger partial charge in [-0.1, -0.05) is 24.3 Å². The third-order valence-corrected chi connectivity index (χ3v) is 6.12. The number of esters is 1. The van der Waals surface area contributed by atoms with E-state index >= 15 is 0 Å². The molecule has 0 atom stereocenters. The summed E-state index contributed by atoms with van der Waals surface area (Å²) in [4.78, 5) is 30.9. The molecule has 3 aromatic rings. The van der Waals surface area contributed by atoms with E-state index in [1.54, 1.807) is 17.5 Å². The molecule has 3 rings (SSSR count). The van der Waals surface area contributed by atoms with Crippen LogP contribution in [-0.2, 0) is 26.2 Å². The summed E-state index contributed by atoms with van der Waals surface area (Å²) >= 11 is 1.26. The summed E-state index contributed by atoms with van der Waals surface area (Å²) in [6.45, 7) is 5.26. The van der Waals surface area contributed by atoms with Crippen LogP contribution in [0, 0.1) is 13.8 Å². The third kappa shape index (κ3) is 5.51. The van der Waals surface area contributed by atoms with Crippen LogP contribution in [-0.4, -0.2) is 31.5 Å². The maximum Gasteiger partial charge on any atom is 0.340 e. The summed E-state index contributed by atoms with van der Waals surface area (Å²) in [6.07, 6.45) is 1.00. The van der Waals surface area contributed by atoms with Crippen LogP contribution in [0.25, 0.3) is 0 Å². The molecule has 1 heterocycles. The molecule has 0 radical (unpaired) electrons. The van der Waals surface area contributed by atoms with Crippen molar-refractivity contribution in [1.82, 2.24) is 4.98 Å². The summed E-state index contributed by atoms with van der Waals surface area (Å²) in [5.74, 6) is -0.873. The summed E-state index contributed by atoms with van der Waals surface area (Å²) in [6, 6.07) is 11.9. The van der Waals surface area contributed by atoms with Crippen LogP contribution < -0.4 is 9.62 Å². The van der Waals surface area contributed by atoms with Gasteiger partial charge >= 0.3 is 5.97 Å². The summed E-state index contributed by atoms with van der Waals surface area (Å²) in [5.41, 5.74) is 3.48. The summed E-state index contributed by atoms with van der Waals surface area (Å²) in [5, 5.41) is 2.18. The lowest BCUT2D eigenvalue weighted by molar-refractivity contribution is -0.115. The number of hydrogen-bond acceptors (Lipinski definition) is 7. The highest BCUT2D eigenvalue weighted by Gasteiger charge is 2.21. The van der Waals surface area contributed by atoms with Gasteiger partial charge in [0.05, 0.1) is 28.9 Å². The molecular weight excluding hydrogens is 450 g/mol. The standard InChI is InChI=1S/C22H23N3O5S2/c1-14-8-7-11-20(15(14)2)25(16(3)26)22-23-17(13-31-22)12-30-21(27)18-9-5-6-10-19(18)24-32(4,28)29/h5-11,13,24H,12H2,1-4H3. The van der Waals surface area contributed by atoms with Gasteiger partial charge in [-0.3, -0.25) is 14.4 Å². The zero-order valence-corrected chi connectivity index (χ0v) is 19.7. The lowest BCUT2D eigenvalue weighted by atomic mass is 10.1. The summed E-state index contributed by atoms with van der Waals surface area (Å²) < 4.78 is 30.7. The molecule has 1 N–H and O–H groups in total. The molecule has 0 aliphatic heterocycles. The topological polar surface area (TPSA) is 106 Å². The molecule has 0 fully saturated rings. The number of nitrogens with one attached hydrogen (secondary N) is 1. The number of amides is 1. The number of benzene rings is 2. The molecule has 2 aromatic carbocycles. The highest BCUT2D eigenvalue weighted by molar-refractivity contribution is 7.92. The fraction of sp³-hybridized carbons (Fsp3) is 0.227. The van der Waals surface area contributed by atoms with E-state index in [9.17, 15) is 18.0 Å². The number of carbonyl (C=O) groups is 2. The lowest BCUT2D eigenvalue weighted by Gasteiger charge is -2.21. The molecule has 0 bridgehead atoms.